The Kier molecular flexibility index (Phi) is 4.71. The molecule has 3 nitrogen and oxygen atoms in total. The monoisotopic (exact) mass is 273 g/mol. The lowest BCUT2D eigenvalue weighted by Crippen LogP contribution is -2.27. The van der Waals surface area contributed by atoms with E-state index in [1.54, 1.807) is 32.9 Å². The zero-order valence-electron chi connectivity index (χ0n) is 10.1. The Labute approximate surface area is 112 Å². The molecule has 0 saturated heterocycles. The van der Waals surface area contributed by atoms with E-state index in [9.17, 15) is 4.79 Å². The van der Waals surface area contributed by atoms with Gasteiger partial charge in [-0.05, 0) is 38.5 Å². The summed E-state index contributed by atoms with van der Waals surface area (Å²) < 4.78 is 5.14. The van der Waals surface area contributed by atoms with E-state index >= 15 is 0 Å². The lowest BCUT2D eigenvalue weighted by molar-refractivity contribution is 0.0636. The third-order valence-corrected chi connectivity index (χ3v) is 2.54. The molecule has 0 radical (unpaired) electrons. The van der Waals surface area contributed by atoms with Gasteiger partial charge in [-0.1, -0.05) is 17.7 Å². The predicted octanol–water partition coefficient (Wildman–Crippen LogP) is 4.12. The molecule has 0 unspecified atom stereocenters. The van der Waals surface area contributed by atoms with Crippen molar-refractivity contribution in [3.8, 4) is 0 Å². The van der Waals surface area contributed by atoms with Gasteiger partial charge in [-0.3, -0.25) is 5.32 Å². The van der Waals surface area contributed by atoms with Crippen molar-refractivity contribution < 1.29 is 9.53 Å². The zero-order chi connectivity index (χ0) is 13.1. The zero-order valence-corrected chi connectivity index (χ0v) is 11.7. The average Bonchev–Trinajstić information content (AvgIpc) is 2.18. The van der Waals surface area contributed by atoms with Crippen LogP contribution in [-0.4, -0.2) is 11.7 Å². The Morgan fingerprint density at radius 1 is 1.47 bits per heavy atom. The van der Waals surface area contributed by atoms with Crippen molar-refractivity contribution in [2.75, 3.05) is 5.32 Å². The standard InChI is InChI=1S/C12H16ClNO2S/c1-12(2,3)16-11(15)14-10-6-8(7-17)4-5-9(10)13/h4-6,17H,7H2,1-3H3,(H,14,15). The first kappa shape index (κ1) is 14.2. The van der Waals surface area contributed by atoms with E-state index < -0.39 is 11.7 Å². The van der Waals surface area contributed by atoms with E-state index in [4.69, 9.17) is 16.3 Å². The highest BCUT2D eigenvalue weighted by atomic mass is 35.5. The van der Waals surface area contributed by atoms with Gasteiger partial charge >= 0.3 is 6.09 Å². The van der Waals surface area contributed by atoms with Crippen LogP contribution in [0, 0.1) is 0 Å². The third-order valence-electron chi connectivity index (χ3n) is 1.85. The Bertz CT molecular complexity index is 415. The Morgan fingerprint density at radius 3 is 2.65 bits per heavy atom. The van der Waals surface area contributed by atoms with Crippen LogP contribution in [0.5, 0.6) is 0 Å². The first-order chi connectivity index (χ1) is 7.81. The summed E-state index contributed by atoms with van der Waals surface area (Å²) in [6, 6.07) is 5.36. The molecule has 0 fully saturated rings. The van der Waals surface area contributed by atoms with Gasteiger partial charge in [0.1, 0.15) is 5.60 Å². The summed E-state index contributed by atoms with van der Waals surface area (Å²) in [7, 11) is 0. The summed E-state index contributed by atoms with van der Waals surface area (Å²) in [6.45, 7) is 5.41. The number of hydrogen-bond donors (Lipinski definition) is 2. The molecule has 0 aliphatic rings. The van der Waals surface area contributed by atoms with Crippen molar-refractivity contribution in [3.63, 3.8) is 0 Å². The highest BCUT2D eigenvalue weighted by Gasteiger charge is 2.17. The molecule has 94 valence electrons. The van der Waals surface area contributed by atoms with Gasteiger partial charge < -0.3 is 4.74 Å². The minimum absolute atomic E-state index is 0.474. The molecule has 0 aliphatic carbocycles. The molecule has 0 spiro atoms. The quantitative estimate of drug-likeness (QED) is 0.796. The fourth-order valence-electron chi connectivity index (χ4n) is 1.18. The highest BCUT2D eigenvalue weighted by Crippen LogP contribution is 2.24. The van der Waals surface area contributed by atoms with E-state index in [0.717, 1.165) is 5.56 Å². The first-order valence-corrected chi connectivity index (χ1v) is 6.22. The molecule has 5 heteroatoms. The van der Waals surface area contributed by atoms with Crippen molar-refractivity contribution in [2.45, 2.75) is 32.1 Å². The fourth-order valence-corrected chi connectivity index (χ4v) is 1.54. The number of carbonyl (C=O) groups excluding carboxylic acids is 1. The number of thiol groups is 1. The van der Waals surface area contributed by atoms with Crippen LogP contribution in [0.1, 0.15) is 26.3 Å². The molecule has 0 aromatic heterocycles. The fraction of sp³-hybridized carbons (Fsp3) is 0.417. The molecule has 0 atom stereocenters. The number of nitrogens with one attached hydrogen (secondary N) is 1. The maximum absolute atomic E-state index is 11.6. The van der Waals surface area contributed by atoms with E-state index in [2.05, 4.69) is 17.9 Å². The molecule has 0 bridgehead atoms. The van der Waals surface area contributed by atoms with E-state index in [0.29, 0.717) is 16.5 Å². The van der Waals surface area contributed by atoms with Gasteiger partial charge in [0.05, 0.1) is 10.7 Å². The van der Waals surface area contributed by atoms with Crippen LogP contribution >= 0.6 is 24.2 Å². The van der Waals surface area contributed by atoms with Crippen LogP contribution < -0.4 is 5.32 Å². The molecule has 0 saturated carbocycles. The minimum atomic E-state index is -0.530. The Hall–Kier alpha value is -0.870. The number of halogens is 1. The number of carbonyl (C=O) groups is 1. The number of amides is 1. The molecule has 17 heavy (non-hydrogen) atoms. The van der Waals surface area contributed by atoms with Crippen LogP contribution in [0.15, 0.2) is 18.2 Å². The topological polar surface area (TPSA) is 38.3 Å². The number of rotatable bonds is 2. The number of ether oxygens (including phenoxy) is 1. The second-order valence-corrected chi connectivity index (χ2v) is 5.32. The lowest BCUT2D eigenvalue weighted by Gasteiger charge is -2.20. The smallest absolute Gasteiger partial charge is 0.412 e. The summed E-state index contributed by atoms with van der Waals surface area (Å²) >= 11 is 10.1. The predicted molar refractivity (Wildman–Crippen MR) is 74.0 cm³/mol. The maximum Gasteiger partial charge on any atom is 0.412 e. The number of benzene rings is 1. The summed E-state index contributed by atoms with van der Waals surface area (Å²) in [5.74, 6) is 0.583. The number of hydrogen-bond acceptors (Lipinski definition) is 3. The average molecular weight is 274 g/mol. The van der Waals surface area contributed by atoms with Gasteiger partial charge in [0.15, 0.2) is 0 Å². The van der Waals surface area contributed by atoms with Crippen molar-refractivity contribution in [2.24, 2.45) is 0 Å². The van der Waals surface area contributed by atoms with Crippen molar-refractivity contribution in [1.82, 2.24) is 0 Å². The van der Waals surface area contributed by atoms with Crippen LogP contribution in [0.2, 0.25) is 5.02 Å². The van der Waals surface area contributed by atoms with E-state index in [-0.39, 0.29) is 0 Å². The van der Waals surface area contributed by atoms with Gasteiger partial charge in [0, 0.05) is 5.75 Å². The molecule has 1 rings (SSSR count). The second kappa shape index (κ2) is 5.65. The summed E-state index contributed by atoms with van der Waals surface area (Å²) in [5, 5.41) is 3.09. The van der Waals surface area contributed by atoms with Crippen molar-refractivity contribution >= 4 is 36.0 Å². The van der Waals surface area contributed by atoms with Crippen LogP contribution in [0.3, 0.4) is 0 Å². The normalized spacial score (nSPS) is 11.1. The maximum atomic E-state index is 11.6. The van der Waals surface area contributed by atoms with Crippen LogP contribution in [0.4, 0.5) is 10.5 Å². The van der Waals surface area contributed by atoms with Gasteiger partial charge in [-0.15, -0.1) is 0 Å². The van der Waals surface area contributed by atoms with Crippen molar-refractivity contribution in [1.29, 1.82) is 0 Å². The Morgan fingerprint density at radius 2 is 2.12 bits per heavy atom. The summed E-state index contributed by atoms with van der Waals surface area (Å²) in [4.78, 5) is 11.6. The summed E-state index contributed by atoms with van der Waals surface area (Å²) in [6.07, 6.45) is -0.518. The lowest BCUT2D eigenvalue weighted by atomic mass is 10.2. The van der Waals surface area contributed by atoms with Gasteiger partial charge in [-0.2, -0.15) is 12.6 Å². The SMILES string of the molecule is CC(C)(C)OC(=O)Nc1cc(CS)ccc1Cl. The van der Waals surface area contributed by atoms with E-state index in [1.165, 1.54) is 0 Å². The molecule has 1 amide bonds. The number of anilines is 1. The highest BCUT2D eigenvalue weighted by molar-refractivity contribution is 7.79. The third kappa shape index (κ3) is 4.88. The molecule has 1 aromatic carbocycles. The van der Waals surface area contributed by atoms with Crippen LogP contribution in [-0.2, 0) is 10.5 Å². The second-order valence-electron chi connectivity index (χ2n) is 4.60. The largest absolute Gasteiger partial charge is 0.444 e. The first-order valence-electron chi connectivity index (χ1n) is 5.21. The Balaban J connectivity index is 2.77. The van der Waals surface area contributed by atoms with Gasteiger partial charge in [0.2, 0.25) is 0 Å². The molecular weight excluding hydrogens is 258 g/mol. The van der Waals surface area contributed by atoms with Gasteiger partial charge in [0.25, 0.3) is 0 Å². The van der Waals surface area contributed by atoms with Gasteiger partial charge in [-0.25, -0.2) is 4.79 Å². The van der Waals surface area contributed by atoms with E-state index in [1.807, 2.05) is 6.07 Å². The molecule has 0 heterocycles. The molecular formula is C12H16ClNO2S. The van der Waals surface area contributed by atoms with Crippen molar-refractivity contribution in [3.05, 3.63) is 28.8 Å². The van der Waals surface area contributed by atoms with Crippen LogP contribution in [0.25, 0.3) is 0 Å². The molecule has 1 aromatic rings. The molecule has 0 aliphatic heterocycles. The minimum Gasteiger partial charge on any atom is -0.444 e. The molecule has 1 N–H and O–H groups in total. The summed E-state index contributed by atoms with van der Waals surface area (Å²) in [5.41, 5.74) is 0.980.